The van der Waals surface area contributed by atoms with Crippen molar-refractivity contribution in [3.05, 3.63) is 65.7 Å². The number of amides is 1. The number of nitrogens with one attached hydrogen (secondary N) is 2. The molecule has 6 heteroatoms. The van der Waals surface area contributed by atoms with E-state index < -0.39 is 15.4 Å². The summed E-state index contributed by atoms with van der Waals surface area (Å²) in [7, 11) is -3.33. The Balaban J connectivity index is 1.73. The summed E-state index contributed by atoms with van der Waals surface area (Å²) in [6.07, 6.45) is 2.82. The Morgan fingerprint density at radius 3 is 2.36 bits per heavy atom. The van der Waals surface area contributed by atoms with Gasteiger partial charge in [-0.1, -0.05) is 42.5 Å². The molecular formula is C19H22N2O3S. The Hall–Kier alpha value is -2.34. The minimum atomic E-state index is -3.33. The summed E-state index contributed by atoms with van der Waals surface area (Å²) < 4.78 is 25.2. The molecule has 0 spiro atoms. The van der Waals surface area contributed by atoms with Crippen LogP contribution in [-0.4, -0.2) is 20.6 Å². The van der Waals surface area contributed by atoms with Crippen molar-refractivity contribution >= 4 is 21.6 Å². The van der Waals surface area contributed by atoms with Crippen molar-refractivity contribution < 1.29 is 13.2 Å². The van der Waals surface area contributed by atoms with Gasteiger partial charge in [0.05, 0.1) is 17.7 Å². The second-order valence-electron chi connectivity index (χ2n) is 6.64. The molecule has 1 fully saturated rings. The summed E-state index contributed by atoms with van der Waals surface area (Å²) in [5, 5.41) is 3.07. The molecule has 2 aromatic rings. The number of sulfonamides is 1. The van der Waals surface area contributed by atoms with Crippen molar-refractivity contribution in [2.75, 3.05) is 11.0 Å². The van der Waals surface area contributed by atoms with Crippen molar-refractivity contribution in [2.24, 2.45) is 0 Å². The third-order valence-electron chi connectivity index (χ3n) is 4.55. The average Bonchev–Trinajstić information content (AvgIpc) is 3.36. The van der Waals surface area contributed by atoms with Gasteiger partial charge in [0, 0.05) is 5.69 Å². The third-order valence-corrected chi connectivity index (χ3v) is 5.15. The highest BCUT2D eigenvalue weighted by Gasteiger charge is 2.51. The van der Waals surface area contributed by atoms with Gasteiger partial charge in [-0.05, 0) is 43.0 Å². The van der Waals surface area contributed by atoms with Gasteiger partial charge in [-0.2, -0.15) is 0 Å². The van der Waals surface area contributed by atoms with E-state index in [1.54, 1.807) is 18.2 Å². The van der Waals surface area contributed by atoms with E-state index in [9.17, 15) is 13.2 Å². The second kappa shape index (κ2) is 6.52. The predicted octanol–water partition coefficient (Wildman–Crippen LogP) is 2.97. The maximum atomic E-state index is 12.8. The van der Waals surface area contributed by atoms with E-state index in [0.717, 1.165) is 30.2 Å². The summed E-state index contributed by atoms with van der Waals surface area (Å²) in [4.78, 5) is 12.8. The number of hydrogen-bond donors (Lipinski definition) is 2. The lowest BCUT2D eigenvalue weighted by Crippen LogP contribution is -2.36. The largest absolute Gasteiger partial charge is 0.349 e. The number of hydrogen-bond acceptors (Lipinski definition) is 3. The molecule has 25 heavy (non-hydrogen) atoms. The van der Waals surface area contributed by atoms with Crippen LogP contribution in [-0.2, 0) is 20.2 Å². The molecule has 0 saturated heterocycles. The van der Waals surface area contributed by atoms with Gasteiger partial charge in [0.2, 0.25) is 15.9 Å². The second-order valence-corrected chi connectivity index (χ2v) is 8.39. The van der Waals surface area contributed by atoms with Gasteiger partial charge in [-0.3, -0.25) is 9.52 Å². The standard InChI is InChI=1S/C19H22N2O3S/c1-14(15-7-6-10-17(13-15)21-25(2,23)24)20-18(22)19(11-12-19)16-8-4-3-5-9-16/h3-10,13-14,21H,11-12H2,1-2H3,(H,20,22). The quantitative estimate of drug-likeness (QED) is 0.834. The fourth-order valence-corrected chi connectivity index (χ4v) is 3.59. The normalized spacial score (nSPS) is 16.7. The zero-order valence-corrected chi connectivity index (χ0v) is 15.1. The molecular weight excluding hydrogens is 336 g/mol. The summed E-state index contributed by atoms with van der Waals surface area (Å²) in [5.74, 6) is 0.0210. The highest BCUT2D eigenvalue weighted by molar-refractivity contribution is 7.92. The fourth-order valence-electron chi connectivity index (χ4n) is 3.03. The predicted molar refractivity (Wildman–Crippen MR) is 98.8 cm³/mol. The third kappa shape index (κ3) is 4.02. The minimum absolute atomic E-state index is 0.0210. The summed E-state index contributed by atoms with van der Waals surface area (Å²) in [6.45, 7) is 1.90. The number of rotatable bonds is 6. The van der Waals surface area contributed by atoms with Crippen LogP contribution in [0.25, 0.3) is 0 Å². The molecule has 1 unspecified atom stereocenters. The maximum Gasteiger partial charge on any atom is 0.231 e. The number of carbonyl (C=O) groups excluding carboxylic acids is 1. The van der Waals surface area contributed by atoms with Gasteiger partial charge in [0.25, 0.3) is 0 Å². The zero-order chi connectivity index (χ0) is 18.1. The molecule has 2 aromatic carbocycles. The van der Waals surface area contributed by atoms with E-state index >= 15 is 0 Å². The summed E-state index contributed by atoms with van der Waals surface area (Å²) in [5.41, 5.74) is 1.97. The first-order chi connectivity index (χ1) is 11.8. The number of benzene rings is 2. The Morgan fingerprint density at radius 1 is 1.08 bits per heavy atom. The Labute approximate surface area is 148 Å². The van der Waals surface area contributed by atoms with Gasteiger partial charge in [-0.25, -0.2) is 8.42 Å². The Bertz CT molecular complexity index is 875. The van der Waals surface area contributed by atoms with Crippen LogP contribution in [0, 0.1) is 0 Å². The van der Waals surface area contributed by atoms with Crippen LogP contribution in [0.15, 0.2) is 54.6 Å². The van der Waals surface area contributed by atoms with Crippen LogP contribution in [0.1, 0.15) is 36.9 Å². The molecule has 1 atom stereocenters. The van der Waals surface area contributed by atoms with E-state index in [4.69, 9.17) is 0 Å². The molecule has 0 bridgehead atoms. The van der Waals surface area contributed by atoms with E-state index in [-0.39, 0.29) is 11.9 Å². The highest BCUT2D eigenvalue weighted by atomic mass is 32.2. The first-order valence-corrected chi connectivity index (χ1v) is 10.1. The molecule has 2 N–H and O–H groups in total. The highest BCUT2D eigenvalue weighted by Crippen LogP contribution is 2.48. The van der Waals surface area contributed by atoms with E-state index in [1.807, 2.05) is 43.3 Å². The molecule has 1 amide bonds. The first kappa shape index (κ1) is 17.5. The molecule has 1 aliphatic carbocycles. The van der Waals surface area contributed by atoms with Crippen molar-refractivity contribution in [2.45, 2.75) is 31.2 Å². The van der Waals surface area contributed by atoms with Crippen molar-refractivity contribution in [3.63, 3.8) is 0 Å². The van der Waals surface area contributed by atoms with E-state index in [0.29, 0.717) is 5.69 Å². The molecule has 1 saturated carbocycles. The fraction of sp³-hybridized carbons (Fsp3) is 0.316. The van der Waals surface area contributed by atoms with Gasteiger partial charge >= 0.3 is 0 Å². The van der Waals surface area contributed by atoms with Gasteiger partial charge in [0.15, 0.2) is 0 Å². The number of carbonyl (C=O) groups is 1. The van der Waals surface area contributed by atoms with Gasteiger partial charge in [-0.15, -0.1) is 0 Å². The summed E-state index contributed by atoms with van der Waals surface area (Å²) in [6, 6.07) is 16.7. The van der Waals surface area contributed by atoms with Crippen LogP contribution in [0.2, 0.25) is 0 Å². The first-order valence-electron chi connectivity index (χ1n) is 8.24. The minimum Gasteiger partial charge on any atom is -0.349 e. The van der Waals surface area contributed by atoms with Crippen molar-refractivity contribution in [3.8, 4) is 0 Å². The lowest BCUT2D eigenvalue weighted by Gasteiger charge is -2.21. The molecule has 0 aromatic heterocycles. The molecule has 1 aliphatic rings. The topological polar surface area (TPSA) is 75.3 Å². The molecule has 0 heterocycles. The van der Waals surface area contributed by atoms with E-state index in [1.165, 1.54) is 0 Å². The molecule has 132 valence electrons. The summed E-state index contributed by atoms with van der Waals surface area (Å²) >= 11 is 0. The monoisotopic (exact) mass is 358 g/mol. The van der Waals surface area contributed by atoms with Crippen molar-refractivity contribution in [1.29, 1.82) is 0 Å². The van der Waals surface area contributed by atoms with Crippen LogP contribution in [0.4, 0.5) is 5.69 Å². The smallest absolute Gasteiger partial charge is 0.231 e. The van der Waals surface area contributed by atoms with Crippen LogP contribution >= 0.6 is 0 Å². The van der Waals surface area contributed by atoms with Crippen LogP contribution < -0.4 is 10.0 Å². The lowest BCUT2D eigenvalue weighted by atomic mass is 9.94. The SMILES string of the molecule is CC(NC(=O)C1(c2ccccc2)CC1)c1cccc(NS(C)(=O)=O)c1. The zero-order valence-electron chi connectivity index (χ0n) is 14.3. The Kier molecular flexibility index (Phi) is 4.56. The molecule has 5 nitrogen and oxygen atoms in total. The average molecular weight is 358 g/mol. The van der Waals surface area contributed by atoms with Crippen molar-refractivity contribution in [1.82, 2.24) is 5.32 Å². The molecule has 3 rings (SSSR count). The van der Waals surface area contributed by atoms with Gasteiger partial charge in [0.1, 0.15) is 0 Å². The lowest BCUT2D eigenvalue weighted by molar-refractivity contribution is -0.124. The Morgan fingerprint density at radius 2 is 1.76 bits per heavy atom. The maximum absolute atomic E-state index is 12.8. The van der Waals surface area contributed by atoms with Crippen LogP contribution in [0.3, 0.4) is 0 Å². The number of anilines is 1. The van der Waals surface area contributed by atoms with E-state index in [2.05, 4.69) is 10.0 Å². The van der Waals surface area contributed by atoms with Gasteiger partial charge < -0.3 is 5.32 Å². The molecule has 0 radical (unpaired) electrons. The molecule has 0 aliphatic heterocycles. The van der Waals surface area contributed by atoms with Crippen LogP contribution in [0.5, 0.6) is 0 Å².